The molecule has 1 atom stereocenters. The van der Waals surface area contributed by atoms with E-state index in [1.165, 1.54) is 12.3 Å². The smallest absolute Gasteiger partial charge is 0.258 e. The van der Waals surface area contributed by atoms with Crippen LogP contribution in [-0.2, 0) is 10.0 Å². The Kier molecular flexibility index (Phi) is 5.56. The SMILES string of the molecule is O=S(=O)(NCC1CCN(CC2COc3ccc4occc4c3O2)CC1)c1ccccn1. The number of fused-ring (bicyclic) bond motifs is 3. The van der Waals surface area contributed by atoms with Crippen molar-refractivity contribution in [1.82, 2.24) is 14.6 Å². The fourth-order valence-corrected chi connectivity index (χ4v) is 5.24. The fraction of sp³-hybridized carbons (Fsp3) is 0.409. The molecule has 0 saturated carbocycles. The van der Waals surface area contributed by atoms with Gasteiger partial charge in [-0.3, -0.25) is 4.90 Å². The maximum absolute atomic E-state index is 12.4. The van der Waals surface area contributed by atoms with E-state index in [0.717, 1.165) is 54.9 Å². The number of furan rings is 1. The van der Waals surface area contributed by atoms with Crippen LogP contribution in [-0.4, -0.2) is 57.2 Å². The zero-order valence-corrected chi connectivity index (χ0v) is 17.9. The minimum Gasteiger partial charge on any atom is -0.486 e. The lowest BCUT2D eigenvalue weighted by molar-refractivity contribution is 0.0495. The largest absolute Gasteiger partial charge is 0.486 e. The van der Waals surface area contributed by atoms with Crippen molar-refractivity contribution in [2.24, 2.45) is 5.92 Å². The van der Waals surface area contributed by atoms with Gasteiger partial charge in [-0.15, -0.1) is 0 Å². The molecular weight excluding hydrogens is 418 g/mol. The van der Waals surface area contributed by atoms with E-state index >= 15 is 0 Å². The predicted molar refractivity (Wildman–Crippen MR) is 115 cm³/mol. The molecule has 2 aliphatic rings. The number of hydrogen-bond donors (Lipinski definition) is 1. The van der Waals surface area contributed by atoms with Crippen molar-refractivity contribution >= 4 is 21.0 Å². The van der Waals surface area contributed by atoms with Crippen LogP contribution < -0.4 is 14.2 Å². The van der Waals surface area contributed by atoms with Gasteiger partial charge in [-0.05, 0) is 62.2 Å². The summed E-state index contributed by atoms with van der Waals surface area (Å²) in [5, 5.41) is 0.995. The molecule has 4 heterocycles. The Morgan fingerprint density at radius 2 is 2.00 bits per heavy atom. The van der Waals surface area contributed by atoms with Gasteiger partial charge in [0.15, 0.2) is 16.5 Å². The van der Waals surface area contributed by atoms with Crippen molar-refractivity contribution in [2.45, 2.75) is 24.0 Å². The van der Waals surface area contributed by atoms with E-state index in [1.54, 1.807) is 18.4 Å². The highest BCUT2D eigenvalue weighted by molar-refractivity contribution is 7.89. The lowest BCUT2D eigenvalue weighted by Gasteiger charge is -2.35. The molecule has 0 amide bonds. The van der Waals surface area contributed by atoms with Gasteiger partial charge in [-0.2, -0.15) is 0 Å². The number of pyridine rings is 1. The van der Waals surface area contributed by atoms with Crippen LogP contribution in [0.5, 0.6) is 11.5 Å². The average Bonchev–Trinajstić information content (AvgIpc) is 3.29. The summed E-state index contributed by atoms with van der Waals surface area (Å²) in [4.78, 5) is 6.29. The first-order valence-electron chi connectivity index (χ1n) is 10.5. The van der Waals surface area contributed by atoms with Gasteiger partial charge >= 0.3 is 0 Å². The summed E-state index contributed by atoms with van der Waals surface area (Å²) in [6.07, 6.45) is 4.96. The second kappa shape index (κ2) is 8.49. The molecule has 1 unspecified atom stereocenters. The number of nitrogens with zero attached hydrogens (tertiary/aromatic N) is 2. The number of hydrogen-bond acceptors (Lipinski definition) is 7. The van der Waals surface area contributed by atoms with E-state index in [2.05, 4.69) is 14.6 Å². The lowest BCUT2D eigenvalue weighted by atomic mass is 9.97. The number of benzene rings is 1. The molecule has 1 N–H and O–H groups in total. The molecule has 2 aliphatic heterocycles. The molecule has 5 rings (SSSR count). The standard InChI is InChI=1S/C22H25N3O5S/c26-31(27,21-3-1-2-9-23-21)24-13-16-6-10-25(11-7-16)14-17-15-29-20-5-4-19-18(8-12-28-19)22(20)30-17/h1-5,8-9,12,16-17,24H,6-7,10-11,13-15H2. The molecule has 31 heavy (non-hydrogen) atoms. The van der Waals surface area contributed by atoms with E-state index in [9.17, 15) is 8.42 Å². The highest BCUT2D eigenvalue weighted by Crippen LogP contribution is 2.39. The van der Waals surface area contributed by atoms with Crippen molar-refractivity contribution in [2.75, 3.05) is 32.8 Å². The van der Waals surface area contributed by atoms with Gasteiger partial charge in [-0.25, -0.2) is 18.1 Å². The maximum Gasteiger partial charge on any atom is 0.258 e. The molecule has 1 fully saturated rings. The number of aromatic nitrogens is 1. The van der Waals surface area contributed by atoms with Gasteiger partial charge in [0.1, 0.15) is 18.3 Å². The van der Waals surface area contributed by atoms with Crippen LogP contribution >= 0.6 is 0 Å². The number of likely N-dealkylation sites (tertiary alicyclic amines) is 1. The monoisotopic (exact) mass is 443 g/mol. The van der Waals surface area contributed by atoms with E-state index in [0.29, 0.717) is 19.1 Å². The second-order valence-corrected chi connectivity index (χ2v) is 9.75. The molecule has 2 aromatic heterocycles. The quantitative estimate of drug-likeness (QED) is 0.626. The third-order valence-electron chi connectivity index (χ3n) is 5.90. The van der Waals surface area contributed by atoms with Crippen LogP contribution in [0.25, 0.3) is 11.0 Å². The van der Waals surface area contributed by atoms with Crippen molar-refractivity contribution in [3.8, 4) is 11.5 Å². The molecule has 1 saturated heterocycles. The summed E-state index contributed by atoms with van der Waals surface area (Å²) in [5.41, 5.74) is 0.789. The van der Waals surface area contributed by atoms with Crippen LogP contribution in [0.15, 0.2) is 58.3 Å². The van der Waals surface area contributed by atoms with Gasteiger partial charge in [-0.1, -0.05) is 6.07 Å². The van der Waals surface area contributed by atoms with Gasteiger partial charge in [0.25, 0.3) is 10.0 Å². The topological polar surface area (TPSA) is 93.9 Å². The Bertz CT molecular complexity index is 1140. The first-order chi connectivity index (χ1) is 15.1. The molecule has 1 aromatic carbocycles. The Morgan fingerprint density at radius 3 is 2.81 bits per heavy atom. The van der Waals surface area contributed by atoms with Crippen molar-refractivity contribution in [3.05, 3.63) is 48.9 Å². The van der Waals surface area contributed by atoms with E-state index in [4.69, 9.17) is 13.9 Å². The van der Waals surface area contributed by atoms with Gasteiger partial charge < -0.3 is 13.9 Å². The van der Waals surface area contributed by atoms with Gasteiger partial charge in [0.05, 0.1) is 11.6 Å². The van der Waals surface area contributed by atoms with Crippen LogP contribution in [0, 0.1) is 5.92 Å². The molecule has 3 aromatic rings. The molecular formula is C22H25N3O5S. The molecule has 0 bridgehead atoms. The second-order valence-electron chi connectivity index (χ2n) is 8.04. The normalized spacial score (nSPS) is 20.2. The summed E-state index contributed by atoms with van der Waals surface area (Å²) in [6, 6.07) is 10.6. The Morgan fingerprint density at radius 1 is 1.13 bits per heavy atom. The third-order valence-corrected chi connectivity index (χ3v) is 7.24. The van der Waals surface area contributed by atoms with E-state index in [-0.39, 0.29) is 11.1 Å². The summed E-state index contributed by atoms with van der Waals surface area (Å²) in [5.74, 6) is 1.81. The highest BCUT2D eigenvalue weighted by Gasteiger charge is 2.28. The number of piperidine rings is 1. The van der Waals surface area contributed by atoms with Crippen LogP contribution in [0.3, 0.4) is 0 Å². The number of nitrogens with one attached hydrogen (secondary N) is 1. The molecule has 0 aliphatic carbocycles. The third kappa shape index (κ3) is 4.39. The number of rotatable bonds is 6. The lowest BCUT2D eigenvalue weighted by Crippen LogP contribution is -2.45. The molecule has 8 nitrogen and oxygen atoms in total. The predicted octanol–water partition coefficient (Wildman–Crippen LogP) is 2.66. The Labute approximate surface area is 181 Å². The minimum absolute atomic E-state index is 0.0489. The number of sulfonamides is 1. The molecule has 9 heteroatoms. The van der Waals surface area contributed by atoms with E-state index < -0.39 is 10.0 Å². The zero-order chi connectivity index (χ0) is 21.3. The fourth-order valence-electron chi connectivity index (χ4n) is 4.17. The minimum atomic E-state index is -3.56. The number of ether oxygens (including phenoxy) is 2. The Hall–Kier alpha value is -2.62. The summed E-state index contributed by atoms with van der Waals surface area (Å²) in [6.45, 7) is 3.53. The van der Waals surface area contributed by atoms with Crippen molar-refractivity contribution in [1.29, 1.82) is 0 Å². The van der Waals surface area contributed by atoms with Crippen molar-refractivity contribution in [3.63, 3.8) is 0 Å². The van der Waals surface area contributed by atoms with Crippen LogP contribution in [0.1, 0.15) is 12.8 Å². The first-order valence-corrected chi connectivity index (χ1v) is 12.0. The van der Waals surface area contributed by atoms with Gasteiger partial charge in [0, 0.05) is 19.3 Å². The molecule has 0 radical (unpaired) electrons. The van der Waals surface area contributed by atoms with Gasteiger partial charge in [0.2, 0.25) is 0 Å². The average molecular weight is 444 g/mol. The zero-order valence-electron chi connectivity index (χ0n) is 17.1. The summed E-state index contributed by atoms with van der Waals surface area (Å²) >= 11 is 0. The molecule has 0 spiro atoms. The van der Waals surface area contributed by atoms with Crippen LogP contribution in [0.2, 0.25) is 0 Å². The Balaban J connectivity index is 1.12. The summed E-state index contributed by atoms with van der Waals surface area (Å²) in [7, 11) is -3.56. The van der Waals surface area contributed by atoms with Crippen LogP contribution in [0.4, 0.5) is 0 Å². The maximum atomic E-state index is 12.4. The van der Waals surface area contributed by atoms with Crippen molar-refractivity contribution < 1.29 is 22.3 Å². The van der Waals surface area contributed by atoms with E-state index in [1.807, 2.05) is 18.2 Å². The summed E-state index contributed by atoms with van der Waals surface area (Å²) < 4.78 is 45.0. The highest BCUT2D eigenvalue weighted by atomic mass is 32.2. The first kappa shape index (κ1) is 20.3. The molecule has 164 valence electrons.